The summed E-state index contributed by atoms with van der Waals surface area (Å²) in [5, 5.41) is 0. The zero-order valence-corrected chi connectivity index (χ0v) is 10.1. The van der Waals surface area contributed by atoms with E-state index in [1.807, 2.05) is 36.4 Å². The van der Waals surface area contributed by atoms with Crippen LogP contribution in [0.15, 0.2) is 60.7 Å². The smallest absolute Gasteiger partial charge is 0.137 e. The van der Waals surface area contributed by atoms with Gasteiger partial charge < -0.3 is 4.90 Å². The molecule has 0 bridgehead atoms. The molecule has 18 heavy (non-hydrogen) atoms. The molecule has 0 atom stereocenters. The molecular formula is C16H15NO. The lowest BCUT2D eigenvalue weighted by atomic mass is 9.89. The molecule has 0 spiro atoms. The van der Waals surface area contributed by atoms with E-state index in [0.717, 1.165) is 11.4 Å². The molecule has 2 aromatic carbocycles. The number of Topliss-reactive ketones (excluding diaryl/α,β-unsaturated/α-hetero) is 1. The summed E-state index contributed by atoms with van der Waals surface area (Å²) in [6, 6.07) is 20.8. The number of nitrogens with zero attached hydrogens (tertiary/aromatic N) is 1. The number of anilines is 2. The topological polar surface area (TPSA) is 20.3 Å². The monoisotopic (exact) mass is 237 g/mol. The molecule has 1 aliphatic carbocycles. The lowest BCUT2D eigenvalue weighted by Gasteiger charge is -2.38. The average molecular weight is 237 g/mol. The van der Waals surface area contributed by atoms with Gasteiger partial charge in [0.1, 0.15) is 5.78 Å². The summed E-state index contributed by atoms with van der Waals surface area (Å²) < 4.78 is 0. The average Bonchev–Trinajstić information content (AvgIpc) is 2.40. The first-order valence-electron chi connectivity index (χ1n) is 6.25. The van der Waals surface area contributed by atoms with Gasteiger partial charge >= 0.3 is 0 Å². The Hall–Kier alpha value is -2.09. The number of para-hydroxylation sites is 2. The van der Waals surface area contributed by atoms with Gasteiger partial charge in [0, 0.05) is 30.3 Å². The minimum Gasteiger partial charge on any atom is -0.337 e. The maximum absolute atomic E-state index is 11.3. The van der Waals surface area contributed by atoms with Crippen molar-refractivity contribution < 1.29 is 4.79 Å². The van der Waals surface area contributed by atoms with Crippen molar-refractivity contribution in [2.24, 2.45) is 0 Å². The molecule has 0 radical (unpaired) electrons. The Morgan fingerprint density at radius 2 is 1.22 bits per heavy atom. The van der Waals surface area contributed by atoms with Crippen molar-refractivity contribution in [1.29, 1.82) is 0 Å². The molecule has 0 aromatic heterocycles. The second kappa shape index (κ2) is 4.65. The number of carbonyl (C=O) groups excluding carboxylic acids is 1. The van der Waals surface area contributed by atoms with E-state index in [9.17, 15) is 4.79 Å². The molecule has 1 saturated carbocycles. The fourth-order valence-corrected chi connectivity index (χ4v) is 2.40. The molecule has 1 fully saturated rings. The van der Waals surface area contributed by atoms with Crippen molar-refractivity contribution >= 4 is 17.2 Å². The van der Waals surface area contributed by atoms with Gasteiger partial charge in [-0.1, -0.05) is 36.4 Å². The standard InChI is InChI=1S/C16H15NO/c18-16-11-15(12-16)17(13-7-3-1-4-8-13)14-9-5-2-6-10-14/h1-10,15H,11-12H2. The molecule has 2 heteroatoms. The predicted molar refractivity (Wildman–Crippen MR) is 73.1 cm³/mol. The molecule has 2 aromatic rings. The molecule has 1 aliphatic rings. The Morgan fingerprint density at radius 3 is 1.61 bits per heavy atom. The molecule has 0 aliphatic heterocycles. The van der Waals surface area contributed by atoms with Crippen LogP contribution in [0.3, 0.4) is 0 Å². The first kappa shape index (κ1) is 11.0. The number of ketones is 1. The highest BCUT2D eigenvalue weighted by molar-refractivity contribution is 5.88. The van der Waals surface area contributed by atoms with Crippen LogP contribution in [-0.4, -0.2) is 11.8 Å². The van der Waals surface area contributed by atoms with Crippen molar-refractivity contribution in [2.75, 3.05) is 4.90 Å². The zero-order valence-electron chi connectivity index (χ0n) is 10.1. The van der Waals surface area contributed by atoms with Gasteiger partial charge in [-0.05, 0) is 24.3 Å². The number of rotatable bonds is 3. The third kappa shape index (κ3) is 2.02. The molecule has 0 N–H and O–H groups in total. The highest BCUT2D eigenvalue weighted by Gasteiger charge is 2.32. The van der Waals surface area contributed by atoms with Gasteiger partial charge in [0.05, 0.1) is 0 Å². The van der Waals surface area contributed by atoms with Crippen LogP contribution in [0.4, 0.5) is 11.4 Å². The van der Waals surface area contributed by atoms with E-state index < -0.39 is 0 Å². The van der Waals surface area contributed by atoms with Crippen LogP contribution in [0.1, 0.15) is 12.8 Å². The Kier molecular flexibility index (Phi) is 2.85. The molecule has 2 nitrogen and oxygen atoms in total. The first-order chi connectivity index (χ1) is 8.84. The lowest BCUT2D eigenvalue weighted by Crippen LogP contribution is -2.42. The van der Waals surface area contributed by atoms with Gasteiger partial charge in [0.2, 0.25) is 0 Å². The lowest BCUT2D eigenvalue weighted by molar-refractivity contribution is -0.124. The summed E-state index contributed by atoms with van der Waals surface area (Å²) in [4.78, 5) is 13.5. The SMILES string of the molecule is O=C1CC(N(c2ccccc2)c2ccccc2)C1. The quantitative estimate of drug-likeness (QED) is 0.813. The molecule has 0 unspecified atom stereocenters. The van der Waals surface area contributed by atoms with E-state index in [1.54, 1.807) is 0 Å². The summed E-state index contributed by atoms with van der Waals surface area (Å²) in [7, 11) is 0. The van der Waals surface area contributed by atoms with Gasteiger partial charge in [-0.15, -0.1) is 0 Å². The van der Waals surface area contributed by atoms with Crippen molar-refractivity contribution in [3.63, 3.8) is 0 Å². The second-order valence-electron chi connectivity index (χ2n) is 4.64. The van der Waals surface area contributed by atoms with Crippen LogP contribution in [0.2, 0.25) is 0 Å². The second-order valence-corrected chi connectivity index (χ2v) is 4.64. The molecule has 0 heterocycles. The largest absolute Gasteiger partial charge is 0.337 e. The summed E-state index contributed by atoms with van der Waals surface area (Å²) >= 11 is 0. The van der Waals surface area contributed by atoms with E-state index in [2.05, 4.69) is 29.2 Å². The third-order valence-electron chi connectivity index (χ3n) is 3.36. The Labute approximate surface area is 107 Å². The third-order valence-corrected chi connectivity index (χ3v) is 3.36. The minimum absolute atomic E-state index is 0.308. The number of hydrogen-bond acceptors (Lipinski definition) is 2. The molecule has 0 saturated heterocycles. The predicted octanol–water partition coefficient (Wildman–Crippen LogP) is 3.56. The van der Waals surface area contributed by atoms with Crippen LogP contribution >= 0.6 is 0 Å². The molecule has 90 valence electrons. The van der Waals surface area contributed by atoms with E-state index >= 15 is 0 Å². The maximum atomic E-state index is 11.3. The van der Waals surface area contributed by atoms with Crippen LogP contribution in [0.25, 0.3) is 0 Å². The van der Waals surface area contributed by atoms with E-state index in [1.165, 1.54) is 0 Å². The minimum atomic E-state index is 0.308. The highest BCUT2D eigenvalue weighted by Crippen LogP contribution is 2.34. The Bertz CT molecular complexity index is 488. The zero-order chi connectivity index (χ0) is 12.4. The Balaban J connectivity index is 1.97. The van der Waals surface area contributed by atoms with Crippen molar-refractivity contribution in [3.8, 4) is 0 Å². The summed E-state index contributed by atoms with van der Waals surface area (Å²) in [5.74, 6) is 0.358. The Morgan fingerprint density at radius 1 is 0.778 bits per heavy atom. The van der Waals surface area contributed by atoms with Crippen LogP contribution in [0.5, 0.6) is 0 Å². The van der Waals surface area contributed by atoms with Crippen molar-refractivity contribution in [1.82, 2.24) is 0 Å². The fourth-order valence-electron chi connectivity index (χ4n) is 2.40. The first-order valence-corrected chi connectivity index (χ1v) is 6.25. The van der Waals surface area contributed by atoms with Crippen LogP contribution in [-0.2, 0) is 4.79 Å². The van der Waals surface area contributed by atoms with Gasteiger partial charge in [0.25, 0.3) is 0 Å². The highest BCUT2D eigenvalue weighted by atomic mass is 16.1. The normalized spacial score (nSPS) is 15.2. The van der Waals surface area contributed by atoms with Crippen LogP contribution < -0.4 is 4.90 Å². The van der Waals surface area contributed by atoms with E-state index in [0.29, 0.717) is 24.7 Å². The van der Waals surface area contributed by atoms with Gasteiger partial charge in [0.15, 0.2) is 0 Å². The number of benzene rings is 2. The summed E-state index contributed by atoms with van der Waals surface area (Å²) in [5.41, 5.74) is 2.31. The molecule has 0 amide bonds. The van der Waals surface area contributed by atoms with Crippen molar-refractivity contribution in [2.45, 2.75) is 18.9 Å². The van der Waals surface area contributed by atoms with E-state index in [4.69, 9.17) is 0 Å². The van der Waals surface area contributed by atoms with Crippen LogP contribution in [0, 0.1) is 0 Å². The summed E-state index contributed by atoms with van der Waals surface area (Å²) in [6.07, 6.45) is 1.31. The van der Waals surface area contributed by atoms with Gasteiger partial charge in [-0.25, -0.2) is 0 Å². The van der Waals surface area contributed by atoms with Gasteiger partial charge in [-0.3, -0.25) is 4.79 Å². The molecule has 3 rings (SSSR count). The van der Waals surface area contributed by atoms with Gasteiger partial charge in [-0.2, -0.15) is 0 Å². The van der Waals surface area contributed by atoms with E-state index in [-0.39, 0.29) is 0 Å². The number of hydrogen-bond donors (Lipinski definition) is 0. The summed E-state index contributed by atoms with van der Waals surface area (Å²) in [6.45, 7) is 0. The molecular weight excluding hydrogens is 222 g/mol. The fraction of sp³-hybridized carbons (Fsp3) is 0.188. The van der Waals surface area contributed by atoms with Crippen molar-refractivity contribution in [3.05, 3.63) is 60.7 Å². The maximum Gasteiger partial charge on any atom is 0.137 e. The number of carbonyl (C=O) groups is 1.